The molecule has 0 radical (unpaired) electrons. The van der Waals surface area contributed by atoms with E-state index in [0.717, 1.165) is 6.54 Å². The van der Waals surface area contributed by atoms with Gasteiger partial charge in [-0.2, -0.15) is 0 Å². The van der Waals surface area contributed by atoms with Gasteiger partial charge in [0.15, 0.2) is 0 Å². The Kier molecular flexibility index (Phi) is 5.41. The van der Waals surface area contributed by atoms with Crippen molar-refractivity contribution >= 4 is 11.4 Å². The summed E-state index contributed by atoms with van der Waals surface area (Å²) in [6, 6.07) is 18.0. The smallest absolute Gasteiger partial charge is 0.0373 e. The lowest BCUT2D eigenvalue weighted by molar-refractivity contribution is 0.211. The second kappa shape index (κ2) is 7.71. The van der Waals surface area contributed by atoms with E-state index in [1.807, 2.05) is 0 Å². The zero-order chi connectivity index (χ0) is 16.9. The fourth-order valence-electron chi connectivity index (χ4n) is 3.38. The minimum absolute atomic E-state index is 0.584. The molecule has 24 heavy (non-hydrogen) atoms. The first-order valence-electron chi connectivity index (χ1n) is 8.92. The summed E-state index contributed by atoms with van der Waals surface area (Å²) in [4.78, 5) is 4.72. The molecule has 2 aromatic carbocycles. The van der Waals surface area contributed by atoms with Crippen LogP contribution in [0, 0.1) is 6.92 Å². The number of nitrogens with zero attached hydrogens (tertiary/aromatic N) is 2. The first-order valence-corrected chi connectivity index (χ1v) is 8.92. The van der Waals surface area contributed by atoms with Gasteiger partial charge in [-0.25, -0.2) is 0 Å². The van der Waals surface area contributed by atoms with Crippen LogP contribution >= 0.6 is 0 Å². The molecule has 1 aliphatic heterocycles. The van der Waals surface area contributed by atoms with Gasteiger partial charge in [0.2, 0.25) is 0 Å². The van der Waals surface area contributed by atoms with Crippen LogP contribution in [0.3, 0.4) is 0 Å². The Balaban J connectivity index is 1.52. The van der Waals surface area contributed by atoms with Gasteiger partial charge >= 0.3 is 0 Å². The monoisotopic (exact) mass is 323 g/mol. The lowest BCUT2D eigenvalue weighted by Crippen LogP contribution is -2.38. The van der Waals surface area contributed by atoms with Crippen LogP contribution in [-0.4, -0.2) is 38.1 Å². The summed E-state index contributed by atoms with van der Waals surface area (Å²) in [6.45, 7) is 5.60. The van der Waals surface area contributed by atoms with Crippen LogP contribution in [-0.2, 0) is 6.54 Å². The van der Waals surface area contributed by atoms with Crippen LogP contribution < -0.4 is 10.2 Å². The van der Waals surface area contributed by atoms with Crippen molar-refractivity contribution in [3.05, 3.63) is 59.7 Å². The maximum atomic E-state index is 3.75. The highest BCUT2D eigenvalue weighted by molar-refractivity contribution is 5.60. The molecular weight excluding hydrogens is 294 g/mol. The highest BCUT2D eigenvalue weighted by Crippen LogP contribution is 2.24. The molecule has 1 aliphatic rings. The van der Waals surface area contributed by atoms with Gasteiger partial charge < -0.3 is 10.2 Å². The van der Waals surface area contributed by atoms with Crippen LogP contribution in [0.1, 0.15) is 24.0 Å². The molecule has 0 unspecified atom stereocenters. The highest BCUT2D eigenvalue weighted by Gasteiger charge is 2.19. The van der Waals surface area contributed by atoms with Gasteiger partial charge in [-0.1, -0.05) is 30.3 Å². The number of piperidine rings is 1. The lowest BCUT2D eigenvalue weighted by Gasteiger charge is -2.33. The van der Waals surface area contributed by atoms with Crippen LogP contribution in [0.15, 0.2) is 48.5 Å². The Morgan fingerprint density at radius 2 is 1.75 bits per heavy atom. The number of hydrogen-bond acceptors (Lipinski definition) is 3. The largest absolute Gasteiger partial charge is 0.382 e. The first-order chi connectivity index (χ1) is 11.6. The number of anilines is 2. The predicted octanol–water partition coefficient (Wildman–Crippen LogP) is 4.14. The first kappa shape index (κ1) is 16.8. The van der Waals surface area contributed by atoms with Crippen molar-refractivity contribution in [1.29, 1.82) is 0 Å². The third-order valence-electron chi connectivity index (χ3n) is 4.92. The Bertz CT molecular complexity index is 643. The Morgan fingerprint density at radius 3 is 2.38 bits per heavy atom. The van der Waals surface area contributed by atoms with E-state index in [4.69, 9.17) is 0 Å². The Morgan fingerprint density at radius 1 is 1.04 bits per heavy atom. The molecule has 1 fully saturated rings. The van der Waals surface area contributed by atoms with E-state index in [1.165, 1.54) is 48.4 Å². The summed E-state index contributed by atoms with van der Waals surface area (Å²) >= 11 is 0. The molecule has 0 aromatic heterocycles. The van der Waals surface area contributed by atoms with E-state index >= 15 is 0 Å². The number of hydrogen-bond donors (Lipinski definition) is 1. The average Bonchev–Trinajstić information content (AvgIpc) is 2.59. The van der Waals surface area contributed by atoms with Crippen molar-refractivity contribution in [2.24, 2.45) is 0 Å². The van der Waals surface area contributed by atoms with Gasteiger partial charge in [-0.3, -0.25) is 4.90 Å². The predicted molar refractivity (Wildman–Crippen MR) is 104 cm³/mol. The third-order valence-corrected chi connectivity index (χ3v) is 4.92. The minimum Gasteiger partial charge on any atom is -0.382 e. The fraction of sp³-hybridized carbons (Fsp3) is 0.429. The molecule has 3 nitrogen and oxygen atoms in total. The molecule has 0 bridgehead atoms. The van der Waals surface area contributed by atoms with Crippen LogP contribution in [0.4, 0.5) is 11.4 Å². The summed E-state index contributed by atoms with van der Waals surface area (Å²) in [6.07, 6.45) is 2.42. The van der Waals surface area contributed by atoms with Gasteiger partial charge in [-0.15, -0.1) is 0 Å². The third kappa shape index (κ3) is 4.30. The second-order valence-electron chi connectivity index (χ2n) is 7.07. The maximum absolute atomic E-state index is 3.75. The van der Waals surface area contributed by atoms with Crippen LogP contribution in [0.25, 0.3) is 0 Å². The minimum atomic E-state index is 0.584. The summed E-state index contributed by atoms with van der Waals surface area (Å²) in [5, 5.41) is 3.75. The molecule has 1 heterocycles. The van der Waals surface area contributed by atoms with Crippen molar-refractivity contribution in [2.75, 3.05) is 37.4 Å². The molecule has 0 saturated carbocycles. The molecule has 2 aromatic rings. The number of aryl methyl sites for hydroxylation is 1. The molecule has 3 heteroatoms. The van der Waals surface area contributed by atoms with Crippen molar-refractivity contribution in [3.63, 3.8) is 0 Å². The summed E-state index contributed by atoms with van der Waals surface area (Å²) in [5.74, 6) is 0. The van der Waals surface area contributed by atoms with Gasteiger partial charge in [0.1, 0.15) is 0 Å². The van der Waals surface area contributed by atoms with Gasteiger partial charge in [0, 0.05) is 51.1 Å². The topological polar surface area (TPSA) is 18.5 Å². The van der Waals surface area contributed by atoms with Crippen molar-refractivity contribution < 1.29 is 0 Å². The average molecular weight is 323 g/mol. The van der Waals surface area contributed by atoms with E-state index in [1.54, 1.807) is 0 Å². The number of nitrogens with one attached hydrogen (secondary N) is 1. The standard InChI is InChI=1S/C21H29N3/c1-17-15-20(23(2)3)9-10-21(17)22-19-11-13-24(14-12-19)16-18-7-5-4-6-8-18/h4-10,15,19,22H,11-14,16H2,1-3H3. The summed E-state index contributed by atoms with van der Waals surface area (Å²) in [5.41, 5.74) is 5.28. The Labute approximate surface area is 146 Å². The van der Waals surface area contributed by atoms with E-state index in [-0.39, 0.29) is 0 Å². The SMILES string of the molecule is Cc1cc(N(C)C)ccc1NC1CCN(Cc2ccccc2)CC1. The van der Waals surface area contributed by atoms with E-state index < -0.39 is 0 Å². The van der Waals surface area contributed by atoms with E-state index in [2.05, 4.69) is 84.7 Å². The zero-order valence-electron chi connectivity index (χ0n) is 15.1. The van der Waals surface area contributed by atoms with Crippen molar-refractivity contribution in [1.82, 2.24) is 4.90 Å². The van der Waals surface area contributed by atoms with Crippen LogP contribution in [0.5, 0.6) is 0 Å². The fourth-order valence-corrected chi connectivity index (χ4v) is 3.38. The molecule has 1 N–H and O–H groups in total. The van der Waals surface area contributed by atoms with Crippen LogP contribution in [0.2, 0.25) is 0 Å². The number of likely N-dealkylation sites (tertiary alicyclic amines) is 1. The second-order valence-corrected chi connectivity index (χ2v) is 7.07. The van der Waals surface area contributed by atoms with E-state index in [0.29, 0.717) is 6.04 Å². The quantitative estimate of drug-likeness (QED) is 0.892. The van der Waals surface area contributed by atoms with Crippen molar-refractivity contribution in [2.45, 2.75) is 32.4 Å². The molecule has 3 rings (SSSR count). The van der Waals surface area contributed by atoms with Gasteiger partial charge in [-0.05, 0) is 49.1 Å². The van der Waals surface area contributed by atoms with E-state index in [9.17, 15) is 0 Å². The molecule has 0 amide bonds. The molecule has 1 saturated heterocycles. The number of rotatable bonds is 5. The van der Waals surface area contributed by atoms with Crippen molar-refractivity contribution in [3.8, 4) is 0 Å². The summed E-state index contributed by atoms with van der Waals surface area (Å²) < 4.78 is 0. The normalized spacial score (nSPS) is 16.1. The van der Waals surface area contributed by atoms with Gasteiger partial charge in [0.25, 0.3) is 0 Å². The zero-order valence-corrected chi connectivity index (χ0v) is 15.1. The molecule has 0 aliphatic carbocycles. The molecule has 128 valence electrons. The Hall–Kier alpha value is -2.00. The lowest BCUT2D eigenvalue weighted by atomic mass is 10.0. The van der Waals surface area contributed by atoms with Gasteiger partial charge in [0.05, 0.1) is 0 Å². The highest BCUT2D eigenvalue weighted by atomic mass is 15.1. The number of benzene rings is 2. The summed E-state index contributed by atoms with van der Waals surface area (Å²) in [7, 11) is 4.18. The molecular formula is C21H29N3. The maximum Gasteiger partial charge on any atom is 0.0373 e. The molecule has 0 atom stereocenters. The molecule has 0 spiro atoms.